The summed E-state index contributed by atoms with van der Waals surface area (Å²) in [6.45, 7) is 15.1. The Bertz CT molecular complexity index is 419. The molecular weight excluding hydrogens is 316 g/mol. The van der Waals surface area contributed by atoms with Crippen LogP contribution in [0.1, 0.15) is 34.6 Å². The molecule has 23 heavy (non-hydrogen) atoms. The zero-order valence-corrected chi connectivity index (χ0v) is 16.6. The summed E-state index contributed by atoms with van der Waals surface area (Å²) in [5.74, 6) is -0.752. The number of hydrogen-bond acceptors (Lipinski definition) is 6. The van der Waals surface area contributed by atoms with Crippen LogP contribution in [-0.4, -0.2) is 63.6 Å². The Morgan fingerprint density at radius 2 is 1.70 bits per heavy atom. The van der Waals surface area contributed by atoms with Crippen molar-refractivity contribution < 1.29 is 28.5 Å². The highest BCUT2D eigenvalue weighted by molar-refractivity contribution is 6.74. The fourth-order valence-electron chi connectivity index (χ4n) is 2.69. The fourth-order valence-corrected chi connectivity index (χ4v) is 3.70. The van der Waals surface area contributed by atoms with Crippen molar-refractivity contribution >= 4 is 8.32 Å². The van der Waals surface area contributed by atoms with Crippen LogP contribution < -0.4 is 0 Å². The Morgan fingerprint density at radius 1 is 1.13 bits per heavy atom. The largest absolute Gasteiger partial charge is 0.414 e. The molecule has 0 spiro atoms. The highest BCUT2D eigenvalue weighted by atomic mass is 28.4. The molecule has 0 bridgehead atoms. The molecule has 0 aromatic carbocycles. The molecule has 2 saturated heterocycles. The maximum atomic E-state index is 10.4. The van der Waals surface area contributed by atoms with E-state index in [-0.39, 0.29) is 17.2 Å². The number of hydrogen-bond donors (Lipinski definition) is 1. The first-order valence-electron chi connectivity index (χ1n) is 8.24. The van der Waals surface area contributed by atoms with Gasteiger partial charge in [0.2, 0.25) is 0 Å². The number of fused-ring (bicyclic) bond motifs is 1. The number of rotatable bonds is 4. The van der Waals surface area contributed by atoms with Gasteiger partial charge in [0.15, 0.2) is 20.4 Å². The van der Waals surface area contributed by atoms with Gasteiger partial charge in [-0.2, -0.15) is 0 Å². The van der Waals surface area contributed by atoms with E-state index in [4.69, 9.17) is 23.4 Å². The first-order valence-corrected chi connectivity index (χ1v) is 11.1. The minimum Gasteiger partial charge on any atom is -0.414 e. The van der Waals surface area contributed by atoms with Crippen molar-refractivity contribution in [2.24, 2.45) is 0 Å². The highest BCUT2D eigenvalue weighted by Gasteiger charge is 2.55. The second-order valence-corrected chi connectivity index (χ2v) is 13.2. The van der Waals surface area contributed by atoms with Crippen LogP contribution in [0.3, 0.4) is 0 Å². The lowest BCUT2D eigenvalue weighted by Crippen LogP contribution is -2.58. The van der Waals surface area contributed by atoms with E-state index in [9.17, 15) is 5.11 Å². The number of aliphatic hydroxyl groups excluding tert-OH is 1. The average Bonchev–Trinajstić information content (AvgIpc) is 2.73. The SMILES string of the molecule is CO[C@@H]1O[C@H](CO[Si](C)(C)C(C)(C)C)[C@@H]2OC(C)(C)O[C@@H]2[C@H]1O. The van der Waals surface area contributed by atoms with E-state index >= 15 is 0 Å². The standard InChI is InChI=1S/C16H32O6Si/c1-15(2,3)23(7,8)19-9-10-12-13(22-16(4,5)21-12)11(17)14(18-6)20-10/h10-14,17H,9H2,1-8H3/t10-,11-,12+,13-,14-/m1/s1. The summed E-state index contributed by atoms with van der Waals surface area (Å²) < 4.78 is 29.2. The number of methoxy groups -OCH3 is 1. The van der Waals surface area contributed by atoms with Gasteiger partial charge in [-0.15, -0.1) is 0 Å². The molecule has 2 fully saturated rings. The van der Waals surface area contributed by atoms with Gasteiger partial charge >= 0.3 is 0 Å². The van der Waals surface area contributed by atoms with Crippen LogP contribution in [0.15, 0.2) is 0 Å². The molecule has 0 aromatic rings. The third-order valence-electron chi connectivity index (χ3n) is 5.10. The van der Waals surface area contributed by atoms with Crippen LogP contribution in [0.4, 0.5) is 0 Å². The van der Waals surface area contributed by atoms with Gasteiger partial charge in [0.1, 0.15) is 24.4 Å². The first kappa shape index (κ1) is 19.3. The second-order valence-electron chi connectivity index (χ2n) is 8.41. The van der Waals surface area contributed by atoms with Crippen LogP contribution >= 0.6 is 0 Å². The van der Waals surface area contributed by atoms with Gasteiger partial charge in [0.25, 0.3) is 0 Å². The summed E-state index contributed by atoms with van der Waals surface area (Å²) in [5, 5.41) is 10.5. The van der Waals surface area contributed by atoms with Crippen LogP contribution in [0.5, 0.6) is 0 Å². The molecule has 2 aliphatic rings. The second kappa shape index (κ2) is 6.37. The Hall–Kier alpha value is -0.0231. The van der Waals surface area contributed by atoms with Crippen molar-refractivity contribution in [1.82, 2.24) is 0 Å². The third kappa shape index (κ3) is 3.97. The predicted molar refractivity (Wildman–Crippen MR) is 88.7 cm³/mol. The van der Waals surface area contributed by atoms with Crippen LogP contribution in [0.2, 0.25) is 18.1 Å². The lowest BCUT2D eigenvalue weighted by Gasteiger charge is -2.42. The smallest absolute Gasteiger partial charge is 0.192 e. The average molecular weight is 349 g/mol. The predicted octanol–water partition coefficient (Wildman–Crippen LogP) is 2.26. The molecular formula is C16H32O6Si. The third-order valence-corrected chi connectivity index (χ3v) is 9.60. The van der Waals surface area contributed by atoms with E-state index in [1.807, 2.05) is 13.8 Å². The van der Waals surface area contributed by atoms with E-state index in [2.05, 4.69) is 33.9 Å². The van der Waals surface area contributed by atoms with Crippen molar-refractivity contribution in [3.05, 3.63) is 0 Å². The molecule has 1 N–H and O–H groups in total. The minimum atomic E-state index is -1.90. The molecule has 0 saturated carbocycles. The van der Waals surface area contributed by atoms with E-state index in [1.165, 1.54) is 7.11 Å². The van der Waals surface area contributed by atoms with E-state index in [1.54, 1.807) is 0 Å². The molecule has 0 radical (unpaired) electrons. The Kier molecular flexibility index (Phi) is 5.34. The molecule has 6 nitrogen and oxygen atoms in total. The highest BCUT2D eigenvalue weighted by Crippen LogP contribution is 2.40. The maximum Gasteiger partial charge on any atom is 0.192 e. The first-order chi connectivity index (χ1) is 10.4. The molecule has 0 aromatic heterocycles. The summed E-state index contributed by atoms with van der Waals surface area (Å²) in [6, 6.07) is 0. The van der Waals surface area contributed by atoms with Gasteiger partial charge in [0, 0.05) is 7.11 Å². The van der Waals surface area contributed by atoms with Crippen molar-refractivity contribution in [3.8, 4) is 0 Å². The summed E-state index contributed by atoms with van der Waals surface area (Å²) in [6.07, 6.45) is -2.78. The van der Waals surface area contributed by atoms with Gasteiger partial charge in [-0.3, -0.25) is 0 Å². The molecule has 0 amide bonds. The van der Waals surface area contributed by atoms with Gasteiger partial charge < -0.3 is 28.5 Å². The minimum absolute atomic E-state index is 0.119. The molecule has 5 atom stereocenters. The van der Waals surface area contributed by atoms with Crippen LogP contribution in [-0.2, 0) is 23.4 Å². The molecule has 0 unspecified atom stereocenters. The van der Waals surface area contributed by atoms with E-state index in [0.29, 0.717) is 6.61 Å². The molecule has 2 rings (SSSR count). The van der Waals surface area contributed by atoms with Gasteiger partial charge in [0.05, 0.1) is 6.61 Å². The number of ether oxygens (including phenoxy) is 4. The van der Waals surface area contributed by atoms with Crippen LogP contribution in [0.25, 0.3) is 0 Å². The fraction of sp³-hybridized carbons (Fsp3) is 1.00. The Balaban J connectivity index is 2.11. The molecule has 2 aliphatic heterocycles. The molecule has 2 heterocycles. The van der Waals surface area contributed by atoms with Gasteiger partial charge in [-0.05, 0) is 32.0 Å². The summed E-state index contributed by atoms with van der Waals surface area (Å²) in [5.41, 5.74) is 0. The number of aliphatic hydroxyl groups is 1. The van der Waals surface area contributed by atoms with Crippen molar-refractivity contribution in [1.29, 1.82) is 0 Å². The molecule has 136 valence electrons. The quantitative estimate of drug-likeness (QED) is 0.786. The monoisotopic (exact) mass is 348 g/mol. The summed E-state index contributed by atoms with van der Waals surface area (Å²) >= 11 is 0. The summed E-state index contributed by atoms with van der Waals surface area (Å²) in [4.78, 5) is 0. The molecule has 0 aliphatic carbocycles. The van der Waals surface area contributed by atoms with Gasteiger partial charge in [-0.25, -0.2) is 0 Å². The van der Waals surface area contributed by atoms with Crippen molar-refractivity contribution in [2.75, 3.05) is 13.7 Å². The normalized spacial score (nSPS) is 37.7. The Labute approximate surface area is 140 Å². The lowest BCUT2D eigenvalue weighted by molar-refractivity contribution is -0.273. The maximum absolute atomic E-state index is 10.4. The zero-order chi connectivity index (χ0) is 17.6. The topological polar surface area (TPSA) is 66.4 Å². The summed E-state index contributed by atoms with van der Waals surface area (Å²) in [7, 11) is -0.383. The van der Waals surface area contributed by atoms with E-state index in [0.717, 1.165) is 0 Å². The molecule has 7 heteroatoms. The van der Waals surface area contributed by atoms with Gasteiger partial charge in [-0.1, -0.05) is 20.8 Å². The van der Waals surface area contributed by atoms with Crippen molar-refractivity contribution in [2.45, 2.75) is 89.2 Å². The van der Waals surface area contributed by atoms with Crippen molar-refractivity contribution in [3.63, 3.8) is 0 Å². The van der Waals surface area contributed by atoms with E-state index < -0.39 is 32.6 Å². The zero-order valence-electron chi connectivity index (χ0n) is 15.6. The Morgan fingerprint density at radius 3 is 2.22 bits per heavy atom. The lowest BCUT2D eigenvalue weighted by atomic mass is 9.99. The van der Waals surface area contributed by atoms with Crippen LogP contribution in [0, 0.1) is 0 Å².